The van der Waals surface area contributed by atoms with Crippen molar-refractivity contribution in [2.75, 3.05) is 44.9 Å². The number of benzene rings is 1. The lowest BCUT2D eigenvalue weighted by atomic mass is 10.0. The summed E-state index contributed by atoms with van der Waals surface area (Å²) in [6.45, 7) is 1.87. The normalized spacial score (nSPS) is 20.0. The fourth-order valence-corrected chi connectivity index (χ4v) is 5.24. The molecule has 1 aromatic carbocycles. The van der Waals surface area contributed by atoms with E-state index in [9.17, 15) is 22.8 Å². The average Bonchev–Trinajstić information content (AvgIpc) is 3.39. The number of piperidine rings is 1. The molecule has 1 aromatic heterocycles. The Labute approximate surface area is 231 Å². The third-order valence-corrected chi connectivity index (χ3v) is 7.67. The SMILES string of the molecule is CN1CCC(N(C)C(=O)c2ccc(Nc3ncc(C(F)(F)F)c(N[C@@H]4CCC[C@@H]4C(=O)N(C)C#N)n3)cc2)CC1. The monoisotopic (exact) mass is 558 g/mol. The number of carbonyl (C=O) groups excluding carboxylic acids is 2. The van der Waals surface area contributed by atoms with Gasteiger partial charge in [0.15, 0.2) is 6.19 Å². The lowest BCUT2D eigenvalue weighted by Crippen LogP contribution is -2.44. The highest BCUT2D eigenvalue weighted by Crippen LogP contribution is 2.37. The van der Waals surface area contributed by atoms with Crippen LogP contribution in [0.25, 0.3) is 0 Å². The Morgan fingerprint density at radius 2 is 1.77 bits per heavy atom. The topological polar surface area (TPSA) is 117 Å². The molecule has 40 heavy (non-hydrogen) atoms. The van der Waals surface area contributed by atoms with Crippen molar-refractivity contribution >= 4 is 29.3 Å². The van der Waals surface area contributed by atoms with Crippen LogP contribution < -0.4 is 10.6 Å². The van der Waals surface area contributed by atoms with E-state index in [1.807, 2.05) is 0 Å². The molecule has 2 fully saturated rings. The lowest BCUT2D eigenvalue weighted by Gasteiger charge is -2.35. The van der Waals surface area contributed by atoms with Gasteiger partial charge in [-0.25, -0.2) is 4.98 Å². The van der Waals surface area contributed by atoms with Crippen molar-refractivity contribution in [1.29, 1.82) is 5.26 Å². The maximum atomic E-state index is 13.8. The van der Waals surface area contributed by atoms with Crippen LogP contribution >= 0.6 is 0 Å². The average molecular weight is 559 g/mol. The molecule has 0 bridgehead atoms. The maximum Gasteiger partial charge on any atom is 0.421 e. The molecule has 1 aliphatic carbocycles. The van der Waals surface area contributed by atoms with Gasteiger partial charge in [-0.3, -0.25) is 14.5 Å². The van der Waals surface area contributed by atoms with Gasteiger partial charge in [0.05, 0.1) is 5.92 Å². The van der Waals surface area contributed by atoms with Gasteiger partial charge in [-0.2, -0.15) is 23.4 Å². The zero-order valence-electron chi connectivity index (χ0n) is 22.7. The molecule has 13 heteroatoms. The first-order valence-electron chi connectivity index (χ1n) is 13.2. The van der Waals surface area contributed by atoms with Gasteiger partial charge in [0.1, 0.15) is 11.4 Å². The minimum absolute atomic E-state index is 0.0759. The van der Waals surface area contributed by atoms with Gasteiger partial charge in [-0.15, -0.1) is 0 Å². The van der Waals surface area contributed by atoms with Crippen LogP contribution in [-0.4, -0.2) is 82.8 Å². The molecular weight excluding hydrogens is 525 g/mol. The quantitative estimate of drug-likeness (QED) is 0.388. The van der Waals surface area contributed by atoms with Crippen molar-refractivity contribution in [2.45, 2.75) is 50.4 Å². The standard InChI is InChI=1S/C27H33F3N8O2/c1-36-13-11-19(12-14-36)38(3)24(39)17-7-9-18(10-8-17)33-26-32-15-21(27(28,29)30)23(35-26)34-22-6-4-5-20(22)25(40)37(2)16-31/h7-10,15,19-20,22H,4-6,11-14H2,1-3H3,(H2,32,33,34,35)/t20-,22+/m0/s1. The second kappa shape index (κ2) is 12.1. The fourth-order valence-electron chi connectivity index (χ4n) is 5.24. The zero-order chi connectivity index (χ0) is 29.0. The van der Waals surface area contributed by atoms with E-state index >= 15 is 0 Å². The number of rotatable bonds is 7. The molecule has 2 atom stereocenters. The van der Waals surface area contributed by atoms with Gasteiger partial charge in [-0.05, 0) is 70.1 Å². The summed E-state index contributed by atoms with van der Waals surface area (Å²) in [5, 5.41) is 14.7. The van der Waals surface area contributed by atoms with E-state index < -0.39 is 35.4 Å². The fraction of sp³-hybridized carbons (Fsp3) is 0.519. The number of likely N-dealkylation sites (tertiary alicyclic amines) is 1. The molecular formula is C27H33F3N8O2. The van der Waals surface area contributed by atoms with Crippen LogP contribution in [0.4, 0.5) is 30.6 Å². The van der Waals surface area contributed by atoms with Crippen molar-refractivity contribution in [3.63, 3.8) is 0 Å². The molecule has 2 heterocycles. The molecule has 2 aromatic rings. The molecule has 1 aliphatic heterocycles. The van der Waals surface area contributed by atoms with E-state index in [2.05, 4.69) is 32.5 Å². The number of halogens is 3. The van der Waals surface area contributed by atoms with E-state index in [-0.39, 0.29) is 17.9 Å². The number of anilines is 3. The molecule has 0 spiro atoms. The Hall–Kier alpha value is -3.92. The predicted octanol–water partition coefficient (Wildman–Crippen LogP) is 3.93. The number of hydrogen-bond donors (Lipinski definition) is 2. The van der Waals surface area contributed by atoms with Crippen molar-refractivity contribution < 1.29 is 22.8 Å². The molecule has 0 radical (unpaired) electrons. The largest absolute Gasteiger partial charge is 0.421 e. The molecule has 2 N–H and O–H groups in total. The van der Waals surface area contributed by atoms with Gasteiger partial charge < -0.3 is 20.4 Å². The summed E-state index contributed by atoms with van der Waals surface area (Å²) < 4.78 is 41.3. The second-order valence-electron chi connectivity index (χ2n) is 10.4. The van der Waals surface area contributed by atoms with Gasteiger partial charge in [-0.1, -0.05) is 6.42 Å². The van der Waals surface area contributed by atoms with Crippen molar-refractivity contribution in [3.8, 4) is 6.19 Å². The van der Waals surface area contributed by atoms with Gasteiger partial charge in [0.25, 0.3) is 5.91 Å². The highest BCUT2D eigenvalue weighted by atomic mass is 19.4. The summed E-state index contributed by atoms with van der Waals surface area (Å²) in [7, 11) is 5.19. The van der Waals surface area contributed by atoms with Crippen molar-refractivity contribution in [3.05, 3.63) is 41.6 Å². The van der Waals surface area contributed by atoms with Gasteiger partial charge in [0, 0.05) is 43.6 Å². The van der Waals surface area contributed by atoms with Crippen molar-refractivity contribution in [1.82, 2.24) is 24.7 Å². The smallest absolute Gasteiger partial charge is 0.366 e. The molecule has 10 nitrogen and oxygen atoms in total. The Balaban J connectivity index is 1.48. The van der Waals surface area contributed by atoms with Gasteiger partial charge in [0.2, 0.25) is 11.9 Å². The number of alkyl halides is 3. The summed E-state index contributed by atoms with van der Waals surface area (Å²) in [6, 6.07) is 6.15. The van der Waals surface area contributed by atoms with E-state index in [1.54, 1.807) is 42.4 Å². The summed E-state index contributed by atoms with van der Waals surface area (Å²) in [6.07, 6.45) is 1.08. The highest BCUT2D eigenvalue weighted by Gasteiger charge is 2.39. The molecule has 2 aliphatic rings. The number of carbonyl (C=O) groups is 2. The first-order valence-corrected chi connectivity index (χ1v) is 13.2. The number of nitriles is 1. The van der Waals surface area contributed by atoms with Crippen LogP contribution in [0.2, 0.25) is 0 Å². The van der Waals surface area contributed by atoms with Crippen LogP contribution in [0.15, 0.2) is 30.5 Å². The van der Waals surface area contributed by atoms with Crippen LogP contribution in [0.3, 0.4) is 0 Å². The number of amides is 2. The molecule has 4 rings (SSSR count). The first-order chi connectivity index (χ1) is 19.0. The molecule has 0 unspecified atom stereocenters. The number of hydrogen-bond acceptors (Lipinski definition) is 8. The first kappa shape index (κ1) is 29.1. The lowest BCUT2D eigenvalue weighted by molar-refractivity contribution is -0.137. The number of aromatic nitrogens is 2. The Morgan fingerprint density at radius 3 is 2.40 bits per heavy atom. The van der Waals surface area contributed by atoms with Crippen LogP contribution in [0, 0.1) is 17.4 Å². The second-order valence-corrected chi connectivity index (χ2v) is 10.4. The predicted molar refractivity (Wildman–Crippen MR) is 143 cm³/mol. The Bertz CT molecular complexity index is 1260. The molecule has 2 amide bonds. The summed E-state index contributed by atoms with van der Waals surface area (Å²) in [5.41, 5.74) is -0.0570. The molecule has 214 valence electrons. The van der Waals surface area contributed by atoms with E-state index in [1.165, 1.54) is 7.05 Å². The third kappa shape index (κ3) is 6.62. The van der Waals surface area contributed by atoms with Crippen LogP contribution in [0.1, 0.15) is 48.0 Å². The zero-order valence-corrected chi connectivity index (χ0v) is 22.7. The third-order valence-electron chi connectivity index (χ3n) is 7.67. The van der Waals surface area contributed by atoms with E-state index in [4.69, 9.17) is 5.26 Å². The van der Waals surface area contributed by atoms with Gasteiger partial charge >= 0.3 is 6.18 Å². The van der Waals surface area contributed by atoms with E-state index in [0.29, 0.717) is 36.7 Å². The number of nitrogens with one attached hydrogen (secondary N) is 2. The van der Waals surface area contributed by atoms with Crippen LogP contribution in [0.5, 0.6) is 0 Å². The Kier molecular flexibility index (Phi) is 8.78. The highest BCUT2D eigenvalue weighted by molar-refractivity contribution is 5.94. The Morgan fingerprint density at radius 1 is 1.10 bits per heavy atom. The summed E-state index contributed by atoms with van der Waals surface area (Å²) in [5.74, 6) is -1.71. The molecule has 1 saturated heterocycles. The number of nitrogens with zero attached hydrogens (tertiary/aromatic N) is 6. The van der Waals surface area contributed by atoms with Crippen LogP contribution in [-0.2, 0) is 11.0 Å². The summed E-state index contributed by atoms with van der Waals surface area (Å²) in [4.78, 5) is 38.4. The minimum Gasteiger partial charge on any atom is -0.366 e. The minimum atomic E-state index is -4.72. The maximum absolute atomic E-state index is 13.8. The molecule has 1 saturated carbocycles. The summed E-state index contributed by atoms with van der Waals surface area (Å²) >= 11 is 0. The van der Waals surface area contributed by atoms with Crippen molar-refractivity contribution in [2.24, 2.45) is 5.92 Å². The van der Waals surface area contributed by atoms with E-state index in [0.717, 1.165) is 30.8 Å².